The molecule has 0 heterocycles. The van der Waals surface area contributed by atoms with E-state index in [2.05, 4.69) is 0 Å². The number of thioether (sulfide) groups is 1. The van der Waals surface area contributed by atoms with Crippen molar-refractivity contribution in [2.45, 2.75) is 11.8 Å². The van der Waals surface area contributed by atoms with Gasteiger partial charge >= 0.3 is 0 Å². The smallest absolute Gasteiger partial charge is 0.258 e. The van der Waals surface area contributed by atoms with Crippen molar-refractivity contribution >= 4 is 39.1 Å². The Morgan fingerprint density at radius 2 is 2.11 bits per heavy atom. The van der Waals surface area contributed by atoms with Crippen molar-refractivity contribution in [3.63, 3.8) is 0 Å². The van der Waals surface area contributed by atoms with Gasteiger partial charge in [-0.25, -0.2) is 13.6 Å². The molecule has 0 saturated heterocycles. The van der Waals surface area contributed by atoms with Gasteiger partial charge in [-0.15, -0.1) is 11.8 Å². The minimum absolute atomic E-state index is 0.0312. The summed E-state index contributed by atoms with van der Waals surface area (Å²) in [5, 5.41) is 15.6. The van der Waals surface area contributed by atoms with Gasteiger partial charge in [-0.1, -0.05) is 11.6 Å². The molecule has 0 aliphatic heterocycles. The molecule has 18 heavy (non-hydrogen) atoms. The second kappa shape index (κ2) is 5.87. The van der Waals surface area contributed by atoms with Crippen LogP contribution in [-0.2, 0) is 10.0 Å². The quantitative estimate of drug-likeness (QED) is 0.508. The van der Waals surface area contributed by atoms with Gasteiger partial charge in [0.2, 0.25) is 10.0 Å². The Bertz CT molecular complexity index is 574. The maximum atomic E-state index is 10.8. The number of hydrogen-bond acceptors (Lipinski definition) is 5. The molecule has 0 saturated carbocycles. The highest BCUT2D eigenvalue weighted by atomic mass is 35.5. The van der Waals surface area contributed by atoms with Crippen LogP contribution >= 0.6 is 23.4 Å². The van der Waals surface area contributed by atoms with Crippen LogP contribution in [0.4, 0.5) is 5.69 Å². The Labute approximate surface area is 114 Å². The first kappa shape index (κ1) is 15.2. The molecule has 0 amide bonds. The predicted octanol–water partition coefficient (Wildman–Crippen LogP) is 1.94. The first-order valence-electron chi connectivity index (χ1n) is 4.78. The van der Waals surface area contributed by atoms with Crippen molar-refractivity contribution in [2.24, 2.45) is 5.14 Å². The highest BCUT2D eigenvalue weighted by molar-refractivity contribution is 8.00. The molecule has 0 aliphatic carbocycles. The summed E-state index contributed by atoms with van der Waals surface area (Å²) in [5.41, 5.74) is 0.510. The lowest BCUT2D eigenvalue weighted by Gasteiger charge is -2.06. The van der Waals surface area contributed by atoms with Crippen LogP contribution in [0.2, 0.25) is 5.02 Å². The highest BCUT2D eigenvalue weighted by Gasteiger charge is 2.15. The van der Waals surface area contributed by atoms with Gasteiger partial charge in [0.25, 0.3) is 5.69 Å². The van der Waals surface area contributed by atoms with Gasteiger partial charge in [0.1, 0.15) is 5.02 Å². The Hall–Kier alpha value is -0.830. The number of primary sulfonamides is 1. The Kier molecular flexibility index (Phi) is 4.97. The van der Waals surface area contributed by atoms with E-state index in [1.54, 1.807) is 6.92 Å². The van der Waals surface area contributed by atoms with Gasteiger partial charge in [0.15, 0.2) is 0 Å². The average Bonchev–Trinajstić information content (AvgIpc) is 2.20. The topological polar surface area (TPSA) is 103 Å². The van der Waals surface area contributed by atoms with Crippen LogP contribution in [-0.4, -0.2) is 24.8 Å². The standard InChI is InChI=1S/C9H11ClN2O4S2/c1-6-4-8(12(13)14)7(10)5-9(6)17-2-3-18(11,15)16/h4-5H,2-3H2,1H3,(H2,11,15,16). The molecule has 0 fully saturated rings. The predicted molar refractivity (Wildman–Crippen MR) is 71.5 cm³/mol. The van der Waals surface area contributed by atoms with E-state index in [9.17, 15) is 18.5 Å². The molecule has 0 unspecified atom stereocenters. The van der Waals surface area contributed by atoms with Gasteiger partial charge in [0, 0.05) is 16.7 Å². The van der Waals surface area contributed by atoms with E-state index < -0.39 is 14.9 Å². The third-order valence-corrected chi connectivity index (χ3v) is 4.56. The largest absolute Gasteiger partial charge is 0.288 e. The van der Waals surface area contributed by atoms with Crippen LogP contribution < -0.4 is 5.14 Å². The number of rotatable bonds is 5. The van der Waals surface area contributed by atoms with Crippen molar-refractivity contribution in [1.29, 1.82) is 0 Å². The summed E-state index contributed by atoms with van der Waals surface area (Å²) in [5.74, 6) is 0.111. The van der Waals surface area contributed by atoms with Crippen LogP contribution in [0.25, 0.3) is 0 Å². The Morgan fingerprint density at radius 1 is 1.50 bits per heavy atom. The van der Waals surface area contributed by atoms with Gasteiger partial charge in [-0.2, -0.15) is 0 Å². The summed E-state index contributed by atoms with van der Waals surface area (Å²) in [4.78, 5) is 10.8. The lowest BCUT2D eigenvalue weighted by atomic mass is 10.2. The summed E-state index contributed by atoms with van der Waals surface area (Å²) in [6, 6.07) is 2.82. The lowest BCUT2D eigenvalue weighted by Crippen LogP contribution is -2.17. The number of nitro benzene ring substituents is 1. The first-order chi connectivity index (χ1) is 8.20. The summed E-state index contributed by atoms with van der Waals surface area (Å²) in [7, 11) is -3.50. The summed E-state index contributed by atoms with van der Waals surface area (Å²) >= 11 is 7.01. The Balaban J connectivity index is 2.85. The molecule has 100 valence electrons. The summed E-state index contributed by atoms with van der Waals surface area (Å²) in [6.07, 6.45) is 0. The molecule has 1 rings (SSSR count). The second-order valence-corrected chi connectivity index (χ2v) is 6.82. The van der Waals surface area contributed by atoms with E-state index in [0.29, 0.717) is 10.5 Å². The van der Waals surface area contributed by atoms with Crippen molar-refractivity contribution < 1.29 is 13.3 Å². The fraction of sp³-hybridized carbons (Fsp3) is 0.333. The monoisotopic (exact) mass is 310 g/mol. The molecule has 0 atom stereocenters. The normalized spacial score (nSPS) is 11.5. The molecule has 9 heteroatoms. The van der Waals surface area contributed by atoms with Crippen molar-refractivity contribution in [3.8, 4) is 0 Å². The highest BCUT2D eigenvalue weighted by Crippen LogP contribution is 2.32. The number of nitrogens with zero attached hydrogens (tertiary/aromatic N) is 1. The number of aryl methyl sites for hydroxylation is 1. The molecular weight excluding hydrogens is 300 g/mol. The van der Waals surface area contributed by atoms with Crippen molar-refractivity contribution in [3.05, 3.63) is 32.8 Å². The van der Waals surface area contributed by atoms with Crippen molar-refractivity contribution in [2.75, 3.05) is 11.5 Å². The summed E-state index contributed by atoms with van der Waals surface area (Å²) < 4.78 is 21.5. The molecule has 2 N–H and O–H groups in total. The lowest BCUT2D eigenvalue weighted by molar-refractivity contribution is -0.384. The van der Waals surface area contributed by atoms with Crippen molar-refractivity contribution in [1.82, 2.24) is 0 Å². The van der Waals surface area contributed by atoms with Crippen LogP contribution in [0, 0.1) is 17.0 Å². The van der Waals surface area contributed by atoms with Gasteiger partial charge < -0.3 is 0 Å². The second-order valence-electron chi connectivity index (χ2n) is 3.54. The van der Waals surface area contributed by atoms with E-state index in [1.165, 1.54) is 23.9 Å². The van der Waals surface area contributed by atoms with Crippen LogP contribution in [0.1, 0.15) is 5.56 Å². The molecule has 0 bridgehead atoms. The zero-order valence-corrected chi connectivity index (χ0v) is 11.8. The maximum Gasteiger partial charge on any atom is 0.288 e. The summed E-state index contributed by atoms with van der Waals surface area (Å²) in [6.45, 7) is 1.70. The third kappa shape index (κ3) is 4.45. The van der Waals surface area contributed by atoms with E-state index in [-0.39, 0.29) is 22.2 Å². The van der Waals surface area contributed by atoms with Crippen LogP contribution in [0.15, 0.2) is 17.0 Å². The molecule has 1 aromatic carbocycles. The number of nitrogens with two attached hydrogens (primary N) is 1. The van der Waals surface area contributed by atoms with Gasteiger partial charge in [0.05, 0.1) is 10.7 Å². The molecule has 0 spiro atoms. The molecule has 1 aromatic rings. The molecule has 0 aromatic heterocycles. The fourth-order valence-electron chi connectivity index (χ4n) is 1.21. The van der Waals surface area contributed by atoms with E-state index >= 15 is 0 Å². The number of halogens is 1. The molecule has 0 aliphatic rings. The SMILES string of the molecule is Cc1cc([N+](=O)[O-])c(Cl)cc1SCCS(N)(=O)=O. The van der Waals surface area contributed by atoms with Crippen LogP contribution in [0.5, 0.6) is 0 Å². The maximum absolute atomic E-state index is 10.8. The minimum Gasteiger partial charge on any atom is -0.258 e. The number of benzene rings is 1. The average molecular weight is 311 g/mol. The van der Waals surface area contributed by atoms with E-state index in [1.807, 2.05) is 0 Å². The molecule has 6 nitrogen and oxygen atoms in total. The van der Waals surface area contributed by atoms with Crippen LogP contribution in [0.3, 0.4) is 0 Å². The number of sulfonamides is 1. The Morgan fingerprint density at radius 3 is 2.61 bits per heavy atom. The van der Waals surface area contributed by atoms with E-state index in [0.717, 1.165) is 0 Å². The number of hydrogen-bond donors (Lipinski definition) is 1. The van der Waals surface area contributed by atoms with Gasteiger partial charge in [-0.05, 0) is 18.6 Å². The van der Waals surface area contributed by atoms with E-state index in [4.69, 9.17) is 16.7 Å². The third-order valence-electron chi connectivity index (χ3n) is 2.07. The zero-order chi connectivity index (χ0) is 13.9. The van der Waals surface area contributed by atoms with Gasteiger partial charge in [-0.3, -0.25) is 10.1 Å². The number of nitro groups is 1. The molecule has 0 radical (unpaired) electrons. The zero-order valence-electron chi connectivity index (χ0n) is 9.42. The molecular formula is C9H11ClN2O4S2. The minimum atomic E-state index is -3.50. The fourth-order valence-corrected chi connectivity index (χ4v) is 3.48. The first-order valence-corrected chi connectivity index (χ1v) is 7.86.